The van der Waals surface area contributed by atoms with Gasteiger partial charge in [-0.25, -0.2) is 0 Å². The van der Waals surface area contributed by atoms with Crippen molar-refractivity contribution in [1.82, 2.24) is 20.2 Å². The molecule has 2 rings (SSSR count). The highest BCUT2D eigenvalue weighted by Crippen LogP contribution is 2.15. The van der Waals surface area contributed by atoms with E-state index >= 15 is 0 Å². The molecule has 0 radical (unpaired) electrons. The highest BCUT2D eigenvalue weighted by Gasteiger charge is 2.09. The van der Waals surface area contributed by atoms with Gasteiger partial charge in [0.25, 0.3) is 0 Å². The van der Waals surface area contributed by atoms with Crippen LogP contribution < -0.4 is 4.74 Å². The van der Waals surface area contributed by atoms with Gasteiger partial charge in [0.05, 0.1) is 12.3 Å². The van der Waals surface area contributed by atoms with Crippen molar-refractivity contribution < 1.29 is 14.6 Å². The lowest BCUT2D eigenvalue weighted by atomic mass is 10.3. The predicted molar refractivity (Wildman–Crippen MR) is 61.7 cm³/mol. The number of aromatic nitrogens is 4. The van der Waals surface area contributed by atoms with Crippen molar-refractivity contribution in [2.75, 3.05) is 6.61 Å². The highest BCUT2D eigenvalue weighted by molar-refractivity contribution is 5.68. The Hall–Kier alpha value is -2.44. The highest BCUT2D eigenvalue weighted by atomic mass is 16.5. The van der Waals surface area contributed by atoms with Crippen molar-refractivity contribution in [3.8, 4) is 11.4 Å². The van der Waals surface area contributed by atoms with Gasteiger partial charge in [-0.15, -0.1) is 15.0 Å². The number of ether oxygens (including phenoxy) is 1. The zero-order chi connectivity index (χ0) is 13.0. The van der Waals surface area contributed by atoms with Crippen molar-refractivity contribution >= 4 is 5.97 Å². The summed E-state index contributed by atoms with van der Waals surface area (Å²) in [5.74, 6) is -0.117. The number of nitrogens with zero attached hydrogens (tertiary/aromatic N) is 4. The molecule has 0 spiro atoms. The van der Waals surface area contributed by atoms with Crippen LogP contribution in [0.1, 0.15) is 12.7 Å². The second-order valence-electron chi connectivity index (χ2n) is 3.50. The lowest BCUT2D eigenvalue weighted by Crippen LogP contribution is -2.03. The first-order chi connectivity index (χ1) is 8.69. The van der Waals surface area contributed by atoms with Crippen LogP contribution in [0.4, 0.5) is 0 Å². The number of benzene rings is 1. The first-order valence-electron chi connectivity index (χ1n) is 5.43. The number of hydrogen-bond acceptors (Lipinski definition) is 5. The largest absolute Gasteiger partial charge is 0.494 e. The van der Waals surface area contributed by atoms with Crippen LogP contribution in [0.5, 0.6) is 5.75 Å². The number of carboxylic acid groups (broad SMARTS) is 1. The van der Waals surface area contributed by atoms with E-state index in [0.29, 0.717) is 18.0 Å². The Labute approximate surface area is 103 Å². The molecule has 0 aliphatic rings. The SMILES string of the molecule is CCOc1cccc(-n2nnc(CC(=O)O)n2)c1. The smallest absolute Gasteiger partial charge is 0.311 e. The number of aliphatic carboxylic acids is 1. The van der Waals surface area contributed by atoms with Crippen molar-refractivity contribution in [3.05, 3.63) is 30.1 Å². The van der Waals surface area contributed by atoms with Crippen LogP contribution in [-0.2, 0) is 11.2 Å². The predicted octanol–water partition coefficient (Wildman–Crippen LogP) is 0.688. The first-order valence-corrected chi connectivity index (χ1v) is 5.43. The summed E-state index contributed by atoms with van der Waals surface area (Å²) >= 11 is 0. The first kappa shape index (κ1) is 12.0. The van der Waals surface area contributed by atoms with Crippen molar-refractivity contribution in [1.29, 1.82) is 0 Å². The van der Waals surface area contributed by atoms with Crippen LogP contribution in [0.25, 0.3) is 5.69 Å². The van der Waals surface area contributed by atoms with Crippen LogP contribution in [-0.4, -0.2) is 37.9 Å². The maximum absolute atomic E-state index is 10.5. The van der Waals surface area contributed by atoms with Crippen LogP contribution in [0, 0.1) is 0 Å². The molecule has 7 heteroatoms. The Morgan fingerprint density at radius 2 is 2.33 bits per heavy atom. The minimum Gasteiger partial charge on any atom is -0.494 e. The molecule has 1 aromatic heterocycles. The summed E-state index contributed by atoms with van der Waals surface area (Å²) in [5.41, 5.74) is 0.671. The molecule has 0 fully saturated rings. The van der Waals surface area contributed by atoms with Gasteiger partial charge in [0.2, 0.25) is 0 Å². The molecule has 0 bridgehead atoms. The molecular weight excluding hydrogens is 236 g/mol. The molecule has 94 valence electrons. The third kappa shape index (κ3) is 2.82. The van der Waals surface area contributed by atoms with Gasteiger partial charge in [0.1, 0.15) is 12.2 Å². The molecule has 2 aromatic rings. The van der Waals surface area contributed by atoms with E-state index in [1.807, 2.05) is 13.0 Å². The number of carboxylic acids is 1. The fourth-order valence-corrected chi connectivity index (χ4v) is 1.42. The fourth-order valence-electron chi connectivity index (χ4n) is 1.42. The van der Waals surface area contributed by atoms with Crippen molar-refractivity contribution in [2.24, 2.45) is 0 Å². The summed E-state index contributed by atoms with van der Waals surface area (Å²) in [6.07, 6.45) is -0.245. The summed E-state index contributed by atoms with van der Waals surface area (Å²) < 4.78 is 5.36. The molecule has 1 aromatic carbocycles. The minimum atomic E-state index is -0.988. The number of hydrogen-bond donors (Lipinski definition) is 1. The zero-order valence-electron chi connectivity index (χ0n) is 9.78. The molecule has 0 unspecified atom stereocenters. The molecule has 0 aliphatic heterocycles. The van der Waals surface area contributed by atoms with E-state index in [-0.39, 0.29) is 12.2 Å². The molecule has 0 atom stereocenters. The molecule has 0 amide bonds. The molecular formula is C11H12N4O3. The average molecular weight is 248 g/mol. The van der Waals surface area contributed by atoms with E-state index < -0.39 is 5.97 Å². The molecule has 0 saturated heterocycles. The minimum absolute atomic E-state index is 0.171. The average Bonchev–Trinajstić information content (AvgIpc) is 2.77. The van der Waals surface area contributed by atoms with E-state index in [9.17, 15) is 4.79 Å². The van der Waals surface area contributed by atoms with E-state index in [2.05, 4.69) is 15.4 Å². The van der Waals surface area contributed by atoms with Crippen molar-refractivity contribution in [3.63, 3.8) is 0 Å². The molecule has 0 aliphatic carbocycles. The van der Waals surface area contributed by atoms with Gasteiger partial charge < -0.3 is 9.84 Å². The van der Waals surface area contributed by atoms with Crippen LogP contribution >= 0.6 is 0 Å². The summed E-state index contributed by atoms with van der Waals surface area (Å²) in [4.78, 5) is 11.8. The van der Waals surface area contributed by atoms with E-state index in [0.717, 1.165) is 0 Å². The number of tetrazole rings is 1. The van der Waals surface area contributed by atoms with Crippen LogP contribution in [0.3, 0.4) is 0 Å². The Bertz CT molecular complexity index is 553. The fraction of sp³-hybridized carbons (Fsp3) is 0.273. The summed E-state index contributed by atoms with van der Waals surface area (Å²) in [6, 6.07) is 7.17. The summed E-state index contributed by atoms with van der Waals surface area (Å²) in [7, 11) is 0. The normalized spacial score (nSPS) is 10.3. The topological polar surface area (TPSA) is 90.1 Å². The maximum atomic E-state index is 10.5. The summed E-state index contributed by atoms with van der Waals surface area (Å²) in [5, 5.41) is 20.1. The monoisotopic (exact) mass is 248 g/mol. The lowest BCUT2D eigenvalue weighted by molar-refractivity contribution is -0.136. The molecule has 7 nitrogen and oxygen atoms in total. The van der Waals surface area contributed by atoms with E-state index in [1.165, 1.54) is 4.80 Å². The van der Waals surface area contributed by atoms with Gasteiger partial charge in [-0.3, -0.25) is 4.79 Å². The quantitative estimate of drug-likeness (QED) is 0.837. The third-order valence-corrected chi connectivity index (χ3v) is 2.12. The number of carbonyl (C=O) groups is 1. The molecule has 1 heterocycles. The summed E-state index contributed by atoms with van der Waals surface area (Å²) in [6.45, 7) is 2.46. The molecule has 1 N–H and O–H groups in total. The van der Waals surface area contributed by atoms with Gasteiger partial charge in [-0.1, -0.05) is 6.07 Å². The lowest BCUT2D eigenvalue weighted by Gasteiger charge is -2.04. The Morgan fingerprint density at radius 1 is 1.50 bits per heavy atom. The second kappa shape index (κ2) is 5.26. The van der Waals surface area contributed by atoms with Crippen molar-refractivity contribution in [2.45, 2.75) is 13.3 Å². The standard InChI is InChI=1S/C11H12N4O3/c1-2-18-9-5-3-4-8(6-9)15-13-10(12-14-15)7-11(16)17/h3-6H,2,7H2,1H3,(H,16,17). The Morgan fingerprint density at radius 3 is 3.06 bits per heavy atom. The molecule has 18 heavy (non-hydrogen) atoms. The number of rotatable bonds is 5. The Kier molecular flexibility index (Phi) is 3.52. The Balaban J connectivity index is 2.22. The van der Waals surface area contributed by atoms with Gasteiger partial charge in [-0.05, 0) is 24.3 Å². The van der Waals surface area contributed by atoms with Gasteiger partial charge in [-0.2, -0.15) is 0 Å². The molecule has 0 saturated carbocycles. The third-order valence-electron chi connectivity index (χ3n) is 2.12. The van der Waals surface area contributed by atoms with Gasteiger partial charge in [0, 0.05) is 6.07 Å². The zero-order valence-corrected chi connectivity index (χ0v) is 9.78. The maximum Gasteiger partial charge on any atom is 0.311 e. The van der Waals surface area contributed by atoms with E-state index in [4.69, 9.17) is 9.84 Å². The van der Waals surface area contributed by atoms with Gasteiger partial charge >= 0.3 is 5.97 Å². The van der Waals surface area contributed by atoms with Crippen LogP contribution in [0.2, 0.25) is 0 Å². The van der Waals surface area contributed by atoms with Gasteiger partial charge in [0.15, 0.2) is 5.82 Å². The second-order valence-corrected chi connectivity index (χ2v) is 3.50. The van der Waals surface area contributed by atoms with Crippen LogP contribution in [0.15, 0.2) is 24.3 Å². The van der Waals surface area contributed by atoms with E-state index in [1.54, 1.807) is 18.2 Å².